The van der Waals surface area contributed by atoms with Crippen LogP contribution < -0.4 is 5.73 Å². The lowest BCUT2D eigenvalue weighted by atomic mass is 9.95. The second kappa shape index (κ2) is 2.84. The molecule has 2 N–H and O–H groups in total. The predicted octanol–water partition coefficient (Wildman–Crippen LogP) is 1.44. The van der Waals surface area contributed by atoms with E-state index in [1.165, 1.54) is 0 Å². The van der Waals surface area contributed by atoms with Crippen LogP contribution in [0.4, 0.5) is 0 Å². The summed E-state index contributed by atoms with van der Waals surface area (Å²) in [4.78, 5) is 3.90. The Hall–Kier alpha value is -1.15. The summed E-state index contributed by atoms with van der Waals surface area (Å²) in [6.45, 7) is 5.58. The van der Waals surface area contributed by atoms with E-state index in [0.717, 1.165) is 5.56 Å². The fourth-order valence-corrected chi connectivity index (χ4v) is 0.829. The van der Waals surface area contributed by atoms with Gasteiger partial charge in [0, 0.05) is 12.4 Å². The van der Waals surface area contributed by atoms with Crippen LogP contribution in [0, 0.1) is 0 Å². The molecule has 0 bridgehead atoms. The van der Waals surface area contributed by atoms with Crippen molar-refractivity contribution in [3.8, 4) is 0 Å². The van der Waals surface area contributed by atoms with Crippen molar-refractivity contribution in [1.29, 1.82) is 0 Å². The lowest BCUT2D eigenvalue weighted by Crippen LogP contribution is -2.29. The van der Waals surface area contributed by atoms with Crippen LogP contribution in [0.5, 0.6) is 0 Å². The Labute approximate surface area is 66.8 Å². The second-order valence-corrected chi connectivity index (χ2v) is 2.72. The van der Waals surface area contributed by atoms with Gasteiger partial charge < -0.3 is 5.73 Å². The van der Waals surface area contributed by atoms with E-state index >= 15 is 0 Å². The summed E-state index contributed by atoms with van der Waals surface area (Å²) in [6, 6.07) is 3.78. The van der Waals surface area contributed by atoms with Crippen LogP contribution in [0.25, 0.3) is 0 Å². The molecule has 0 aromatic carbocycles. The molecule has 1 heterocycles. The summed E-state index contributed by atoms with van der Waals surface area (Å²) in [7, 11) is 0. The molecule has 58 valence electrons. The molecular weight excluding hydrogens is 136 g/mol. The van der Waals surface area contributed by atoms with Gasteiger partial charge in [0.2, 0.25) is 0 Å². The van der Waals surface area contributed by atoms with Crippen LogP contribution >= 0.6 is 0 Å². The molecule has 0 aliphatic carbocycles. The zero-order valence-corrected chi connectivity index (χ0v) is 6.62. The Morgan fingerprint density at radius 3 is 2.55 bits per heavy atom. The lowest BCUT2D eigenvalue weighted by Gasteiger charge is -2.19. The minimum Gasteiger partial charge on any atom is -0.318 e. The van der Waals surface area contributed by atoms with Gasteiger partial charge in [-0.3, -0.25) is 4.98 Å². The summed E-state index contributed by atoms with van der Waals surface area (Å²) in [5.74, 6) is 0. The maximum absolute atomic E-state index is 5.89. The average Bonchev–Trinajstić information content (AvgIpc) is 2.06. The van der Waals surface area contributed by atoms with Gasteiger partial charge >= 0.3 is 0 Å². The van der Waals surface area contributed by atoms with Gasteiger partial charge in [0.1, 0.15) is 0 Å². The minimum atomic E-state index is -0.442. The van der Waals surface area contributed by atoms with Gasteiger partial charge in [0.15, 0.2) is 0 Å². The van der Waals surface area contributed by atoms with Crippen molar-refractivity contribution in [1.82, 2.24) is 4.98 Å². The summed E-state index contributed by atoms with van der Waals surface area (Å²) < 4.78 is 0. The second-order valence-electron chi connectivity index (χ2n) is 2.72. The van der Waals surface area contributed by atoms with Gasteiger partial charge in [0.25, 0.3) is 0 Å². The van der Waals surface area contributed by atoms with Crippen molar-refractivity contribution in [3.05, 3.63) is 42.7 Å². The number of nitrogens with two attached hydrogens (primary N) is 1. The largest absolute Gasteiger partial charge is 0.318 e. The lowest BCUT2D eigenvalue weighted by molar-refractivity contribution is 0.630. The molecule has 0 aliphatic rings. The van der Waals surface area contributed by atoms with Crippen molar-refractivity contribution in [2.75, 3.05) is 0 Å². The van der Waals surface area contributed by atoms with Crippen molar-refractivity contribution in [2.45, 2.75) is 12.5 Å². The van der Waals surface area contributed by atoms with Gasteiger partial charge in [-0.15, -0.1) is 6.58 Å². The number of rotatable bonds is 2. The Morgan fingerprint density at radius 1 is 1.55 bits per heavy atom. The topological polar surface area (TPSA) is 38.9 Å². The Kier molecular flexibility index (Phi) is 2.06. The van der Waals surface area contributed by atoms with Gasteiger partial charge in [-0.2, -0.15) is 0 Å². The molecule has 0 saturated carbocycles. The first-order valence-corrected chi connectivity index (χ1v) is 3.50. The summed E-state index contributed by atoms with van der Waals surface area (Å²) in [5.41, 5.74) is 6.48. The molecular formula is C9H12N2. The molecule has 0 radical (unpaired) electrons. The first-order valence-electron chi connectivity index (χ1n) is 3.50. The molecule has 1 aromatic rings. The zero-order valence-electron chi connectivity index (χ0n) is 6.62. The predicted molar refractivity (Wildman–Crippen MR) is 46.0 cm³/mol. The molecule has 1 rings (SSSR count). The normalized spacial score (nSPS) is 15.5. The van der Waals surface area contributed by atoms with Crippen LogP contribution in [0.2, 0.25) is 0 Å². The number of aromatic nitrogens is 1. The number of hydrogen-bond acceptors (Lipinski definition) is 2. The molecule has 2 nitrogen and oxygen atoms in total. The summed E-state index contributed by atoms with van der Waals surface area (Å²) >= 11 is 0. The van der Waals surface area contributed by atoms with Crippen LogP contribution in [0.1, 0.15) is 12.5 Å². The van der Waals surface area contributed by atoms with Crippen LogP contribution in [0.3, 0.4) is 0 Å². The highest BCUT2D eigenvalue weighted by Crippen LogP contribution is 2.16. The highest BCUT2D eigenvalue weighted by Gasteiger charge is 2.14. The standard InChI is InChI=1S/C9H12N2/c1-3-9(2,10)8-4-6-11-7-5-8/h3-7H,1,10H2,2H3. The Bertz CT molecular complexity index is 239. The van der Waals surface area contributed by atoms with Crippen LogP contribution in [0.15, 0.2) is 37.2 Å². The third-order valence-corrected chi connectivity index (χ3v) is 1.73. The Balaban J connectivity index is 3.02. The highest BCUT2D eigenvalue weighted by atomic mass is 14.7. The molecule has 0 aliphatic heterocycles. The first-order chi connectivity index (χ1) is 5.17. The highest BCUT2D eigenvalue weighted by molar-refractivity contribution is 5.24. The molecule has 0 spiro atoms. The van der Waals surface area contributed by atoms with Crippen molar-refractivity contribution in [3.63, 3.8) is 0 Å². The number of nitrogens with zero attached hydrogens (tertiary/aromatic N) is 1. The van der Waals surface area contributed by atoms with Gasteiger partial charge in [-0.25, -0.2) is 0 Å². The van der Waals surface area contributed by atoms with Crippen molar-refractivity contribution in [2.24, 2.45) is 5.73 Å². The van der Waals surface area contributed by atoms with Crippen LogP contribution in [-0.2, 0) is 5.54 Å². The molecule has 1 aromatic heterocycles. The molecule has 2 heteroatoms. The van der Waals surface area contributed by atoms with Gasteiger partial charge in [-0.1, -0.05) is 6.08 Å². The van der Waals surface area contributed by atoms with E-state index < -0.39 is 5.54 Å². The molecule has 1 atom stereocenters. The first kappa shape index (κ1) is 7.95. The Morgan fingerprint density at radius 2 is 2.09 bits per heavy atom. The molecule has 11 heavy (non-hydrogen) atoms. The van der Waals surface area contributed by atoms with Crippen molar-refractivity contribution < 1.29 is 0 Å². The zero-order chi connectivity index (χ0) is 8.32. The smallest absolute Gasteiger partial charge is 0.0565 e. The summed E-state index contributed by atoms with van der Waals surface area (Å²) in [5, 5.41) is 0. The molecule has 1 unspecified atom stereocenters. The van der Waals surface area contributed by atoms with E-state index in [1.807, 2.05) is 19.1 Å². The number of hydrogen-bond donors (Lipinski definition) is 1. The maximum atomic E-state index is 5.89. The third kappa shape index (κ3) is 1.65. The van der Waals surface area contributed by atoms with Crippen molar-refractivity contribution >= 4 is 0 Å². The molecule has 0 fully saturated rings. The maximum Gasteiger partial charge on any atom is 0.0565 e. The SMILES string of the molecule is C=CC(C)(N)c1ccncc1. The monoisotopic (exact) mass is 148 g/mol. The quantitative estimate of drug-likeness (QED) is 0.644. The summed E-state index contributed by atoms with van der Waals surface area (Å²) in [6.07, 6.45) is 5.18. The third-order valence-electron chi connectivity index (χ3n) is 1.73. The fraction of sp³-hybridized carbons (Fsp3) is 0.222. The van der Waals surface area contributed by atoms with E-state index in [2.05, 4.69) is 11.6 Å². The van der Waals surface area contributed by atoms with E-state index in [-0.39, 0.29) is 0 Å². The number of pyridine rings is 1. The van der Waals surface area contributed by atoms with E-state index in [9.17, 15) is 0 Å². The van der Waals surface area contributed by atoms with Gasteiger partial charge in [0.05, 0.1) is 5.54 Å². The molecule has 0 amide bonds. The fourth-order valence-electron chi connectivity index (χ4n) is 0.829. The minimum absolute atomic E-state index is 0.442. The van der Waals surface area contributed by atoms with E-state index in [4.69, 9.17) is 5.73 Å². The van der Waals surface area contributed by atoms with Crippen LogP contribution in [-0.4, -0.2) is 4.98 Å². The molecule has 0 saturated heterocycles. The van der Waals surface area contributed by atoms with E-state index in [1.54, 1.807) is 18.5 Å². The van der Waals surface area contributed by atoms with Gasteiger partial charge in [-0.05, 0) is 24.6 Å². The average molecular weight is 148 g/mol. The van der Waals surface area contributed by atoms with E-state index in [0.29, 0.717) is 0 Å².